The van der Waals surface area contributed by atoms with Crippen LogP contribution in [0.25, 0.3) is 0 Å². The van der Waals surface area contributed by atoms with Gasteiger partial charge in [-0.1, -0.05) is 0 Å². The monoisotopic (exact) mass is 259 g/mol. The van der Waals surface area contributed by atoms with Crippen LogP contribution < -0.4 is 5.32 Å². The van der Waals surface area contributed by atoms with Gasteiger partial charge in [-0.15, -0.1) is 11.6 Å². The molecule has 1 saturated carbocycles. The summed E-state index contributed by atoms with van der Waals surface area (Å²) in [5.41, 5.74) is 0. The Morgan fingerprint density at radius 3 is 2.44 bits per heavy atom. The summed E-state index contributed by atoms with van der Waals surface area (Å²) in [6.45, 7) is 0. The van der Waals surface area contributed by atoms with E-state index in [-0.39, 0.29) is 24.8 Å². The summed E-state index contributed by atoms with van der Waals surface area (Å²) < 4.78 is 50.8. The van der Waals surface area contributed by atoms with Crippen LogP contribution in [-0.4, -0.2) is 29.8 Å². The lowest BCUT2D eigenvalue weighted by Gasteiger charge is -2.44. The molecule has 1 aliphatic carbocycles. The van der Waals surface area contributed by atoms with Gasteiger partial charge in [0.15, 0.2) is 0 Å². The van der Waals surface area contributed by atoms with Gasteiger partial charge in [-0.3, -0.25) is 0 Å². The molecule has 94 valence electrons. The van der Waals surface area contributed by atoms with Crippen molar-refractivity contribution in [2.75, 3.05) is 0 Å². The van der Waals surface area contributed by atoms with Gasteiger partial charge >= 0.3 is 6.18 Å². The van der Waals surface area contributed by atoms with Crippen LogP contribution in [0.1, 0.15) is 25.7 Å². The first kappa shape index (κ1) is 12.4. The van der Waals surface area contributed by atoms with Gasteiger partial charge in [0.05, 0.1) is 0 Å². The number of fused-ring (bicyclic) bond motifs is 1. The number of piperidine rings is 1. The van der Waals surface area contributed by atoms with Crippen LogP contribution >= 0.6 is 11.6 Å². The molecule has 16 heavy (non-hydrogen) atoms. The van der Waals surface area contributed by atoms with E-state index in [0.29, 0.717) is 12.8 Å². The number of nitrogens with one attached hydrogen (secondary N) is 1. The average Bonchev–Trinajstić information content (AvgIpc) is 2.17. The van der Waals surface area contributed by atoms with Crippen molar-refractivity contribution in [3.63, 3.8) is 0 Å². The summed E-state index contributed by atoms with van der Waals surface area (Å²) in [5, 5.41) is 2.00. The third-order valence-electron chi connectivity index (χ3n) is 3.57. The molecule has 1 aliphatic heterocycles. The predicted molar refractivity (Wildman–Crippen MR) is 53.3 cm³/mol. The zero-order chi connectivity index (χ0) is 11.9. The minimum atomic E-state index is -4.26. The molecule has 0 radical (unpaired) electrons. The molecule has 2 aliphatic rings. The van der Waals surface area contributed by atoms with E-state index < -0.39 is 23.8 Å². The fourth-order valence-electron chi connectivity index (χ4n) is 2.71. The van der Waals surface area contributed by atoms with Gasteiger partial charge in [0, 0.05) is 11.4 Å². The van der Waals surface area contributed by atoms with Crippen LogP contribution in [0, 0.1) is 5.92 Å². The van der Waals surface area contributed by atoms with Gasteiger partial charge in [-0.2, -0.15) is 13.2 Å². The van der Waals surface area contributed by atoms with Crippen molar-refractivity contribution < 1.29 is 17.6 Å². The quantitative estimate of drug-likeness (QED) is 0.521. The molecule has 1 saturated heterocycles. The molecule has 0 aromatic carbocycles. The SMILES string of the molecule is FC1CCC2NC(C(F)(F)F)CC(Cl)C2C1. The topological polar surface area (TPSA) is 12.0 Å². The maximum Gasteiger partial charge on any atom is 0.403 e. The number of halogens is 5. The van der Waals surface area contributed by atoms with Crippen molar-refractivity contribution in [1.82, 2.24) is 5.32 Å². The van der Waals surface area contributed by atoms with E-state index in [9.17, 15) is 17.6 Å². The Morgan fingerprint density at radius 2 is 1.81 bits per heavy atom. The number of hydrogen-bond donors (Lipinski definition) is 1. The lowest BCUT2D eigenvalue weighted by Crippen LogP contribution is -2.59. The Morgan fingerprint density at radius 1 is 1.12 bits per heavy atom. The van der Waals surface area contributed by atoms with Gasteiger partial charge < -0.3 is 5.32 Å². The second-order valence-corrected chi connectivity index (χ2v) is 5.25. The smallest absolute Gasteiger partial charge is 0.303 e. The zero-order valence-corrected chi connectivity index (χ0v) is 9.36. The summed E-state index contributed by atoms with van der Waals surface area (Å²) in [6.07, 6.45) is -4.25. The van der Waals surface area contributed by atoms with Crippen molar-refractivity contribution in [1.29, 1.82) is 0 Å². The van der Waals surface area contributed by atoms with Crippen molar-refractivity contribution in [2.24, 2.45) is 5.92 Å². The number of hydrogen-bond acceptors (Lipinski definition) is 1. The summed E-state index contributed by atoms with van der Waals surface area (Å²) in [4.78, 5) is 0. The van der Waals surface area contributed by atoms with Gasteiger partial charge in [0.25, 0.3) is 0 Å². The highest BCUT2D eigenvalue weighted by molar-refractivity contribution is 6.20. The minimum Gasteiger partial charge on any atom is -0.303 e. The maximum absolute atomic E-state index is 13.2. The molecule has 0 bridgehead atoms. The van der Waals surface area contributed by atoms with Crippen molar-refractivity contribution in [2.45, 2.75) is 55.5 Å². The minimum absolute atomic E-state index is 0.154. The normalized spacial score (nSPS) is 45.2. The van der Waals surface area contributed by atoms with E-state index in [1.807, 2.05) is 0 Å². The van der Waals surface area contributed by atoms with Crippen molar-refractivity contribution >= 4 is 11.6 Å². The highest BCUT2D eigenvalue weighted by Gasteiger charge is 2.49. The summed E-state index contributed by atoms with van der Waals surface area (Å²) >= 11 is 5.95. The lowest BCUT2D eigenvalue weighted by atomic mass is 9.76. The van der Waals surface area contributed by atoms with E-state index in [1.54, 1.807) is 0 Å². The Balaban J connectivity index is 2.05. The first-order valence-electron chi connectivity index (χ1n) is 5.49. The highest BCUT2D eigenvalue weighted by Crippen LogP contribution is 2.39. The molecule has 5 atom stereocenters. The standard InChI is InChI=1S/C10H14ClF4N/c11-7-4-9(10(13,14)15)16-8-2-1-5(12)3-6(7)8/h5-9,16H,1-4H2. The van der Waals surface area contributed by atoms with Crippen LogP contribution in [0.4, 0.5) is 17.6 Å². The van der Waals surface area contributed by atoms with E-state index in [1.165, 1.54) is 0 Å². The molecule has 2 fully saturated rings. The van der Waals surface area contributed by atoms with E-state index in [2.05, 4.69) is 5.32 Å². The molecule has 0 amide bonds. The van der Waals surface area contributed by atoms with E-state index in [4.69, 9.17) is 11.6 Å². The van der Waals surface area contributed by atoms with Crippen molar-refractivity contribution in [3.8, 4) is 0 Å². The summed E-state index contributed by atoms with van der Waals surface area (Å²) in [7, 11) is 0. The van der Waals surface area contributed by atoms with E-state index in [0.717, 1.165) is 0 Å². The van der Waals surface area contributed by atoms with Crippen LogP contribution in [-0.2, 0) is 0 Å². The molecule has 0 spiro atoms. The molecule has 2 rings (SSSR count). The second kappa shape index (κ2) is 4.33. The van der Waals surface area contributed by atoms with E-state index >= 15 is 0 Å². The van der Waals surface area contributed by atoms with Crippen molar-refractivity contribution in [3.05, 3.63) is 0 Å². The maximum atomic E-state index is 13.2. The highest BCUT2D eigenvalue weighted by atomic mass is 35.5. The summed E-state index contributed by atoms with van der Waals surface area (Å²) in [6, 6.07) is -1.82. The molecule has 6 heteroatoms. The first-order chi connectivity index (χ1) is 7.38. The van der Waals surface area contributed by atoms with Gasteiger partial charge in [0.1, 0.15) is 12.2 Å². The predicted octanol–water partition coefficient (Wildman–Crippen LogP) is 3.02. The molecule has 1 N–H and O–H groups in total. The lowest BCUT2D eigenvalue weighted by molar-refractivity contribution is -0.167. The molecule has 1 heterocycles. The largest absolute Gasteiger partial charge is 0.403 e. The Labute approximate surface area is 96.5 Å². The molecule has 0 aromatic heterocycles. The fourth-order valence-corrected chi connectivity index (χ4v) is 3.17. The Kier molecular flexibility index (Phi) is 3.36. The third-order valence-corrected chi connectivity index (χ3v) is 4.07. The van der Waals surface area contributed by atoms with Gasteiger partial charge in [-0.25, -0.2) is 4.39 Å². The average molecular weight is 260 g/mol. The fraction of sp³-hybridized carbons (Fsp3) is 1.00. The summed E-state index contributed by atoms with van der Waals surface area (Å²) in [5.74, 6) is -0.163. The molecule has 0 aromatic rings. The Hall–Kier alpha value is -0.0300. The van der Waals surface area contributed by atoms with Crippen LogP contribution in [0.3, 0.4) is 0 Å². The number of rotatable bonds is 0. The van der Waals surface area contributed by atoms with Gasteiger partial charge in [0.2, 0.25) is 0 Å². The molecular weight excluding hydrogens is 246 g/mol. The van der Waals surface area contributed by atoms with Crippen LogP contribution in [0.15, 0.2) is 0 Å². The number of alkyl halides is 5. The zero-order valence-electron chi connectivity index (χ0n) is 8.61. The molecular formula is C10H14ClF4N. The Bertz CT molecular complexity index is 258. The second-order valence-electron chi connectivity index (χ2n) is 4.69. The first-order valence-corrected chi connectivity index (χ1v) is 5.92. The van der Waals surface area contributed by atoms with Gasteiger partial charge in [-0.05, 0) is 31.6 Å². The molecule has 5 unspecified atom stereocenters. The van der Waals surface area contributed by atoms with Crippen LogP contribution in [0.5, 0.6) is 0 Å². The van der Waals surface area contributed by atoms with Crippen LogP contribution in [0.2, 0.25) is 0 Å². The third kappa shape index (κ3) is 2.45. The molecule has 1 nitrogen and oxygen atoms in total.